The van der Waals surface area contributed by atoms with Crippen molar-refractivity contribution in [2.45, 2.75) is 32.6 Å². The minimum atomic E-state index is -0.188. The fraction of sp³-hybridized carbons (Fsp3) is 0.333. The van der Waals surface area contributed by atoms with Gasteiger partial charge in [0.05, 0.1) is 18.4 Å². The average Bonchev–Trinajstić information content (AvgIpc) is 2.60. The highest BCUT2D eigenvalue weighted by Gasteiger charge is 2.21. The topological polar surface area (TPSA) is 52.9 Å². The van der Waals surface area contributed by atoms with Crippen molar-refractivity contribution < 1.29 is 4.79 Å². The molecule has 0 bridgehead atoms. The summed E-state index contributed by atoms with van der Waals surface area (Å²) < 4.78 is 0. The summed E-state index contributed by atoms with van der Waals surface area (Å²) in [5.74, 6) is 0.230. The number of nitriles is 1. The number of rotatable bonds is 7. The summed E-state index contributed by atoms with van der Waals surface area (Å²) in [5.41, 5.74) is 3.29. The van der Waals surface area contributed by atoms with Crippen LogP contribution in [0.2, 0.25) is 0 Å². The number of nitrogens with one attached hydrogen (secondary N) is 1. The van der Waals surface area contributed by atoms with Crippen LogP contribution in [-0.4, -0.2) is 12.5 Å². The van der Waals surface area contributed by atoms with Gasteiger partial charge in [-0.05, 0) is 29.0 Å². The van der Waals surface area contributed by atoms with Crippen LogP contribution >= 0.6 is 0 Å². The molecule has 24 heavy (non-hydrogen) atoms. The molecule has 0 saturated carbocycles. The molecule has 0 fully saturated rings. The van der Waals surface area contributed by atoms with Crippen molar-refractivity contribution in [3.05, 3.63) is 60.2 Å². The fourth-order valence-electron chi connectivity index (χ4n) is 2.80. The standard InChI is InChI=1S/C21H24N2O/c1-16(2)14-20(21(24)23-13-7-12-22)19-11-6-10-18(15-19)17-8-4-3-5-9-17/h3-6,8-11,15-16,20H,7,13-14H2,1-2H3,(H,23,24)/t20-/m0/s1. The van der Waals surface area contributed by atoms with Gasteiger partial charge >= 0.3 is 0 Å². The second kappa shape index (κ2) is 8.88. The third-order valence-corrected chi connectivity index (χ3v) is 3.96. The molecule has 0 heterocycles. The molecule has 0 aliphatic heterocycles. The molecule has 2 rings (SSSR count). The van der Waals surface area contributed by atoms with E-state index >= 15 is 0 Å². The van der Waals surface area contributed by atoms with E-state index in [0.29, 0.717) is 18.9 Å². The van der Waals surface area contributed by atoms with E-state index in [4.69, 9.17) is 5.26 Å². The molecular formula is C21H24N2O. The first-order chi connectivity index (χ1) is 11.6. The van der Waals surface area contributed by atoms with Gasteiger partial charge in [-0.2, -0.15) is 5.26 Å². The molecule has 2 aromatic carbocycles. The van der Waals surface area contributed by atoms with E-state index in [1.54, 1.807) is 0 Å². The van der Waals surface area contributed by atoms with Gasteiger partial charge in [-0.25, -0.2) is 0 Å². The molecule has 0 aliphatic rings. The number of amides is 1. The van der Waals surface area contributed by atoms with Crippen LogP contribution in [0.5, 0.6) is 0 Å². The Bertz CT molecular complexity index is 701. The van der Waals surface area contributed by atoms with Crippen LogP contribution in [0.25, 0.3) is 11.1 Å². The van der Waals surface area contributed by atoms with Crippen molar-refractivity contribution in [2.24, 2.45) is 5.92 Å². The molecule has 1 N–H and O–H groups in total. The molecule has 0 radical (unpaired) electrons. The molecule has 3 nitrogen and oxygen atoms in total. The Labute approximate surface area is 144 Å². The minimum absolute atomic E-state index is 0.00385. The molecule has 3 heteroatoms. The highest BCUT2D eigenvalue weighted by Crippen LogP contribution is 2.28. The monoisotopic (exact) mass is 320 g/mol. The summed E-state index contributed by atoms with van der Waals surface area (Å²) in [6, 6.07) is 20.4. The number of hydrogen-bond acceptors (Lipinski definition) is 2. The SMILES string of the molecule is CC(C)C[C@H](C(=O)NCCC#N)c1cccc(-c2ccccc2)c1. The average molecular weight is 320 g/mol. The normalized spacial score (nSPS) is 11.8. The van der Waals surface area contributed by atoms with Crippen molar-refractivity contribution in [1.29, 1.82) is 5.26 Å². The molecule has 1 atom stereocenters. The molecule has 0 spiro atoms. The van der Waals surface area contributed by atoms with Gasteiger partial charge in [0, 0.05) is 6.54 Å². The third kappa shape index (κ3) is 4.96. The Morgan fingerprint density at radius 1 is 1.08 bits per heavy atom. The van der Waals surface area contributed by atoms with E-state index in [-0.39, 0.29) is 11.8 Å². The summed E-state index contributed by atoms with van der Waals surface area (Å²) >= 11 is 0. The number of carbonyl (C=O) groups is 1. The van der Waals surface area contributed by atoms with E-state index in [0.717, 1.165) is 23.1 Å². The number of carbonyl (C=O) groups excluding carboxylic acids is 1. The maximum Gasteiger partial charge on any atom is 0.227 e. The largest absolute Gasteiger partial charge is 0.355 e. The number of benzene rings is 2. The fourth-order valence-corrected chi connectivity index (χ4v) is 2.80. The Hall–Kier alpha value is -2.60. The predicted octanol–water partition coefficient (Wildman–Crippen LogP) is 4.51. The first-order valence-corrected chi connectivity index (χ1v) is 8.42. The lowest BCUT2D eigenvalue weighted by atomic mass is 9.88. The zero-order valence-electron chi connectivity index (χ0n) is 14.3. The number of hydrogen-bond donors (Lipinski definition) is 1. The summed E-state index contributed by atoms with van der Waals surface area (Å²) in [5, 5.41) is 11.5. The van der Waals surface area contributed by atoms with Crippen LogP contribution in [0, 0.1) is 17.2 Å². The second-order valence-corrected chi connectivity index (χ2v) is 6.37. The predicted molar refractivity (Wildman–Crippen MR) is 97.3 cm³/mol. The molecule has 2 aromatic rings. The summed E-state index contributed by atoms with van der Waals surface area (Å²) in [6.07, 6.45) is 1.13. The highest BCUT2D eigenvalue weighted by molar-refractivity contribution is 5.84. The lowest BCUT2D eigenvalue weighted by Crippen LogP contribution is -2.30. The third-order valence-electron chi connectivity index (χ3n) is 3.96. The first-order valence-electron chi connectivity index (χ1n) is 8.42. The zero-order valence-corrected chi connectivity index (χ0v) is 14.3. The van der Waals surface area contributed by atoms with Crippen molar-refractivity contribution >= 4 is 5.91 Å². The smallest absolute Gasteiger partial charge is 0.227 e. The first kappa shape index (κ1) is 17.7. The Balaban J connectivity index is 2.26. The maximum absolute atomic E-state index is 12.6. The number of nitrogens with zero attached hydrogens (tertiary/aromatic N) is 1. The van der Waals surface area contributed by atoms with Gasteiger partial charge in [-0.1, -0.05) is 68.4 Å². The van der Waals surface area contributed by atoms with Gasteiger partial charge in [0.25, 0.3) is 0 Å². The van der Waals surface area contributed by atoms with E-state index in [9.17, 15) is 4.79 Å². The van der Waals surface area contributed by atoms with Crippen LogP contribution in [0.4, 0.5) is 0 Å². The van der Waals surface area contributed by atoms with Crippen molar-refractivity contribution in [3.8, 4) is 17.2 Å². The van der Waals surface area contributed by atoms with Gasteiger partial charge in [-0.15, -0.1) is 0 Å². The van der Waals surface area contributed by atoms with Crippen molar-refractivity contribution in [1.82, 2.24) is 5.32 Å². The molecule has 0 saturated heterocycles. The van der Waals surface area contributed by atoms with Crippen LogP contribution in [-0.2, 0) is 4.79 Å². The lowest BCUT2D eigenvalue weighted by Gasteiger charge is -2.19. The van der Waals surface area contributed by atoms with E-state index in [1.807, 2.05) is 30.3 Å². The quantitative estimate of drug-likeness (QED) is 0.763. The van der Waals surface area contributed by atoms with Gasteiger partial charge in [-0.3, -0.25) is 4.79 Å². The Morgan fingerprint density at radius 3 is 2.46 bits per heavy atom. The minimum Gasteiger partial charge on any atom is -0.355 e. The van der Waals surface area contributed by atoms with E-state index in [2.05, 4.69) is 49.5 Å². The molecule has 0 aliphatic carbocycles. The van der Waals surface area contributed by atoms with Gasteiger partial charge in [0.1, 0.15) is 0 Å². The highest BCUT2D eigenvalue weighted by atomic mass is 16.1. The van der Waals surface area contributed by atoms with Crippen LogP contribution in [0.1, 0.15) is 38.2 Å². The molecule has 1 amide bonds. The van der Waals surface area contributed by atoms with Gasteiger partial charge < -0.3 is 5.32 Å². The van der Waals surface area contributed by atoms with Gasteiger partial charge in [0.15, 0.2) is 0 Å². The van der Waals surface area contributed by atoms with Crippen molar-refractivity contribution in [3.63, 3.8) is 0 Å². The summed E-state index contributed by atoms with van der Waals surface area (Å²) in [4.78, 5) is 12.6. The van der Waals surface area contributed by atoms with Crippen LogP contribution < -0.4 is 5.32 Å². The Kier molecular flexibility index (Phi) is 6.57. The summed E-state index contributed by atoms with van der Waals surface area (Å²) in [6.45, 7) is 4.65. The summed E-state index contributed by atoms with van der Waals surface area (Å²) in [7, 11) is 0. The maximum atomic E-state index is 12.6. The molecule has 0 aromatic heterocycles. The molecular weight excluding hydrogens is 296 g/mol. The van der Waals surface area contributed by atoms with Crippen molar-refractivity contribution in [2.75, 3.05) is 6.54 Å². The van der Waals surface area contributed by atoms with E-state index in [1.165, 1.54) is 0 Å². The lowest BCUT2D eigenvalue weighted by molar-refractivity contribution is -0.122. The molecule has 0 unspecified atom stereocenters. The Morgan fingerprint density at radius 2 is 1.79 bits per heavy atom. The van der Waals surface area contributed by atoms with Crippen LogP contribution in [0.3, 0.4) is 0 Å². The van der Waals surface area contributed by atoms with E-state index < -0.39 is 0 Å². The molecule has 124 valence electrons. The van der Waals surface area contributed by atoms with Gasteiger partial charge in [0.2, 0.25) is 5.91 Å². The second-order valence-electron chi connectivity index (χ2n) is 6.37. The zero-order chi connectivity index (χ0) is 17.4. The van der Waals surface area contributed by atoms with Crippen LogP contribution in [0.15, 0.2) is 54.6 Å².